The van der Waals surface area contributed by atoms with E-state index < -0.39 is 0 Å². The zero-order chi connectivity index (χ0) is 17.1. The van der Waals surface area contributed by atoms with Crippen LogP contribution in [0.1, 0.15) is 0 Å². The smallest absolute Gasteiger partial charge is 0.264 e. The van der Waals surface area contributed by atoms with Crippen molar-refractivity contribution in [3.05, 3.63) is 46.4 Å². The fourth-order valence-corrected chi connectivity index (χ4v) is 4.03. The first-order valence-corrected chi connectivity index (χ1v) is 9.68. The Labute approximate surface area is 157 Å². The zero-order valence-corrected chi connectivity index (χ0v) is 15.7. The zero-order valence-electron chi connectivity index (χ0n) is 12.5. The standard InChI is InChI=1S/C16H12Cl2N2O2S2/c1-23-12-3-2-4-13-15(12)20-16(24-13)19-14(21)8-22-11-6-5-9(17)7-10(11)18/h2-7H,8H2,1H3,(H,19,20,21). The Morgan fingerprint density at radius 2 is 2.17 bits per heavy atom. The van der Waals surface area contributed by atoms with Crippen molar-refractivity contribution in [3.8, 4) is 5.75 Å². The second-order valence-corrected chi connectivity index (χ2v) is 7.46. The molecule has 3 aromatic rings. The number of nitrogens with zero attached hydrogens (tertiary/aromatic N) is 1. The number of carbonyl (C=O) groups is 1. The number of aromatic nitrogens is 1. The summed E-state index contributed by atoms with van der Waals surface area (Å²) >= 11 is 14.9. The number of thiazole rings is 1. The van der Waals surface area contributed by atoms with E-state index in [9.17, 15) is 4.79 Å². The van der Waals surface area contributed by atoms with Crippen molar-refractivity contribution in [2.24, 2.45) is 0 Å². The SMILES string of the molecule is CSc1cccc2sc(NC(=O)COc3ccc(Cl)cc3Cl)nc12. The molecule has 0 aliphatic heterocycles. The van der Waals surface area contributed by atoms with E-state index in [4.69, 9.17) is 27.9 Å². The molecule has 1 amide bonds. The van der Waals surface area contributed by atoms with E-state index >= 15 is 0 Å². The van der Waals surface area contributed by atoms with Gasteiger partial charge in [0.15, 0.2) is 11.7 Å². The van der Waals surface area contributed by atoms with Crippen LogP contribution in [0.15, 0.2) is 41.3 Å². The molecule has 0 unspecified atom stereocenters. The quantitative estimate of drug-likeness (QED) is 0.589. The number of hydrogen-bond donors (Lipinski definition) is 1. The molecule has 2 aromatic carbocycles. The van der Waals surface area contributed by atoms with E-state index in [-0.39, 0.29) is 12.5 Å². The number of carbonyl (C=O) groups excluding carboxylic acids is 1. The van der Waals surface area contributed by atoms with Crippen molar-refractivity contribution >= 4 is 67.6 Å². The summed E-state index contributed by atoms with van der Waals surface area (Å²) in [7, 11) is 0. The second kappa shape index (κ2) is 7.61. The van der Waals surface area contributed by atoms with Crippen molar-refractivity contribution in [1.82, 2.24) is 4.98 Å². The van der Waals surface area contributed by atoms with Gasteiger partial charge in [-0.15, -0.1) is 11.8 Å². The summed E-state index contributed by atoms with van der Waals surface area (Å²) in [6.45, 7) is -0.160. The number of thioether (sulfide) groups is 1. The summed E-state index contributed by atoms with van der Waals surface area (Å²) in [5.74, 6) is 0.107. The van der Waals surface area contributed by atoms with Gasteiger partial charge in [0.05, 0.1) is 15.2 Å². The number of hydrogen-bond acceptors (Lipinski definition) is 5. The Balaban J connectivity index is 1.66. The summed E-state index contributed by atoms with van der Waals surface area (Å²) in [5.41, 5.74) is 0.895. The second-order valence-electron chi connectivity index (χ2n) is 4.74. The molecule has 8 heteroatoms. The maximum Gasteiger partial charge on any atom is 0.264 e. The Kier molecular flexibility index (Phi) is 5.50. The van der Waals surface area contributed by atoms with Gasteiger partial charge in [-0.05, 0) is 36.6 Å². The fraction of sp³-hybridized carbons (Fsp3) is 0.125. The molecule has 0 spiro atoms. The number of nitrogens with one attached hydrogen (secondary N) is 1. The highest BCUT2D eigenvalue weighted by molar-refractivity contribution is 7.98. The number of rotatable bonds is 5. The number of halogens is 2. The summed E-state index contributed by atoms with van der Waals surface area (Å²) in [5, 5.41) is 4.16. The molecule has 0 fully saturated rings. The van der Waals surface area contributed by atoms with Gasteiger partial charge in [-0.25, -0.2) is 4.98 Å². The summed E-state index contributed by atoms with van der Waals surface area (Å²) < 4.78 is 6.44. The minimum absolute atomic E-state index is 0.160. The molecule has 0 radical (unpaired) electrons. The Morgan fingerprint density at radius 1 is 1.33 bits per heavy atom. The summed E-state index contributed by atoms with van der Waals surface area (Å²) in [6, 6.07) is 10.8. The molecule has 1 aromatic heterocycles. The Morgan fingerprint density at radius 3 is 2.92 bits per heavy atom. The lowest BCUT2D eigenvalue weighted by molar-refractivity contribution is -0.118. The van der Waals surface area contributed by atoms with Crippen LogP contribution in [-0.4, -0.2) is 23.8 Å². The average molecular weight is 399 g/mol. The van der Waals surface area contributed by atoms with Gasteiger partial charge in [0.1, 0.15) is 5.75 Å². The first-order chi connectivity index (χ1) is 11.6. The van der Waals surface area contributed by atoms with Crippen molar-refractivity contribution in [3.63, 3.8) is 0 Å². The number of ether oxygens (including phenoxy) is 1. The van der Waals surface area contributed by atoms with E-state index in [0.29, 0.717) is 20.9 Å². The van der Waals surface area contributed by atoms with Crippen molar-refractivity contribution in [1.29, 1.82) is 0 Å². The summed E-state index contributed by atoms with van der Waals surface area (Å²) in [6.07, 6.45) is 2.00. The van der Waals surface area contributed by atoms with Crippen molar-refractivity contribution in [2.75, 3.05) is 18.2 Å². The van der Waals surface area contributed by atoms with Gasteiger partial charge in [-0.3, -0.25) is 10.1 Å². The molecule has 4 nitrogen and oxygen atoms in total. The van der Waals surface area contributed by atoms with Gasteiger partial charge in [-0.2, -0.15) is 0 Å². The largest absolute Gasteiger partial charge is 0.482 e. The van der Waals surface area contributed by atoms with Crippen LogP contribution >= 0.6 is 46.3 Å². The molecule has 0 aliphatic rings. The predicted molar refractivity (Wildman–Crippen MR) is 102 cm³/mol. The van der Waals surface area contributed by atoms with Crippen molar-refractivity contribution in [2.45, 2.75) is 4.90 Å². The van der Waals surface area contributed by atoms with Gasteiger partial charge < -0.3 is 4.74 Å². The molecule has 0 atom stereocenters. The third-order valence-corrected chi connectivity index (χ3v) is 5.34. The highest BCUT2D eigenvalue weighted by Gasteiger charge is 2.11. The van der Waals surface area contributed by atoms with Gasteiger partial charge >= 0.3 is 0 Å². The molecule has 0 saturated heterocycles. The van der Waals surface area contributed by atoms with Gasteiger partial charge in [0, 0.05) is 9.92 Å². The highest BCUT2D eigenvalue weighted by atomic mass is 35.5. The Bertz CT molecular complexity index is 899. The molecule has 1 N–H and O–H groups in total. The van der Waals surface area contributed by atoms with Gasteiger partial charge in [0.2, 0.25) is 0 Å². The minimum atomic E-state index is -0.300. The van der Waals surface area contributed by atoms with Crippen LogP contribution in [0, 0.1) is 0 Å². The molecular formula is C16H12Cl2N2O2S2. The van der Waals surface area contributed by atoms with E-state index in [1.165, 1.54) is 11.3 Å². The molecule has 0 aliphatic carbocycles. The third kappa shape index (κ3) is 3.95. The van der Waals surface area contributed by atoms with Crippen LogP contribution in [0.4, 0.5) is 5.13 Å². The van der Waals surface area contributed by atoms with Crippen LogP contribution < -0.4 is 10.1 Å². The summed E-state index contributed by atoms with van der Waals surface area (Å²) in [4.78, 5) is 17.6. The number of fused-ring (bicyclic) bond motifs is 1. The molecule has 0 saturated carbocycles. The van der Waals surface area contributed by atoms with E-state index in [0.717, 1.165) is 15.1 Å². The van der Waals surface area contributed by atoms with Crippen LogP contribution in [0.3, 0.4) is 0 Å². The Hall–Kier alpha value is -1.47. The van der Waals surface area contributed by atoms with E-state index in [2.05, 4.69) is 10.3 Å². The van der Waals surface area contributed by atoms with E-state index in [1.807, 2.05) is 24.5 Å². The minimum Gasteiger partial charge on any atom is -0.482 e. The van der Waals surface area contributed by atoms with Crippen LogP contribution in [0.2, 0.25) is 10.0 Å². The highest BCUT2D eigenvalue weighted by Crippen LogP contribution is 2.32. The molecule has 0 bridgehead atoms. The normalized spacial score (nSPS) is 10.8. The molecule has 1 heterocycles. The molecule has 3 rings (SSSR count). The fourth-order valence-electron chi connectivity index (χ4n) is 2.03. The lowest BCUT2D eigenvalue weighted by Crippen LogP contribution is -2.20. The van der Waals surface area contributed by atoms with Gasteiger partial charge in [-0.1, -0.05) is 40.6 Å². The van der Waals surface area contributed by atoms with Gasteiger partial charge in [0.25, 0.3) is 5.91 Å². The monoisotopic (exact) mass is 398 g/mol. The number of benzene rings is 2. The predicted octanol–water partition coefficient (Wildman–Crippen LogP) is 5.34. The van der Waals surface area contributed by atoms with Crippen LogP contribution in [0.25, 0.3) is 10.2 Å². The first kappa shape index (κ1) is 17.4. The maximum absolute atomic E-state index is 12.1. The number of para-hydroxylation sites is 1. The van der Waals surface area contributed by atoms with Crippen molar-refractivity contribution < 1.29 is 9.53 Å². The van der Waals surface area contributed by atoms with Crippen LogP contribution in [-0.2, 0) is 4.79 Å². The molecule has 24 heavy (non-hydrogen) atoms. The molecular weight excluding hydrogens is 387 g/mol. The first-order valence-electron chi connectivity index (χ1n) is 6.88. The number of amides is 1. The third-order valence-electron chi connectivity index (χ3n) is 3.10. The number of anilines is 1. The maximum atomic E-state index is 12.1. The molecule has 124 valence electrons. The van der Waals surface area contributed by atoms with E-state index in [1.54, 1.807) is 30.0 Å². The lowest BCUT2D eigenvalue weighted by Gasteiger charge is -2.07. The topological polar surface area (TPSA) is 51.2 Å². The van der Waals surface area contributed by atoms with Crippen LogP contribution in [0.5, 0.6) is 5.75 Å². The lowest BCUT2D eigenvalue weighted by atomic mass is 10.3. The average Bonchev–Trinajstić information content (AvgIpc) is 2.96.